The maximum atomic E-state index is 10.7. The molecule has 0 atom stereocenters. The average Bonchev–Trinajstić information content (AvgIpc) is 2.54. The number of nitrogens with one attached hydrogen (secondary N) is 1. The van der Waals surface area contributed by atoms with Crippen LogP contribution in [0.15, 0.2) is 30.5 Å². The quantitative estimate of drug-likeness (QED) is 0.904. The number of benzene rings is 1. The van der Waals surface area contributed by atoms with Crippen LogP contribution in [0.2, 0.25) is 0 Å². The fraction of sp³-hybridized carbons (Fsp3) is 0.529. The molecule has 1 aliphatic rings. The van der Waals surface area contributed by atoms with Gasteiger partial charge in [-0.25, -0.2) is 0 Å². The van der Waals surface area contributed by atoms with E-state index < -0.39 is 5.60 Å². The largest absolute Gasteiger partial charge is 0.388 e. The van der Waals surface area contributed by atoms with E-state index in [1.165, 1.54) is 6.42 Å². The van der Waals surface area contributed by atoms with Crippen molar-refractivity contribution in [2.75, 3.05) is 11.9 Å². The van der Waals surface area contributed by atoms with E-state index >= 15 is 0 Å². The highest BCUT2D eigenvalue weighted by atomic mass is 16.3. The summed E-state index contributed by atoms with van der Waals surface area (Å²) >= 11 is 0. The summed E-state index contributed by atoms with van der Waals surface area (Å²) in [6.07, 6.45) is 6.99. The molecular weight excluding hydrogens is 262 g/mol. The lowest BCUT2D eigenvalue weighted by molar-refractivity contribution is 0.00231. The Labute approximate surface area is 125 Å². The highest BCUT2D eigenvalue weighted by Crippen LogP contribution is 2.34. The zero-order valence-corrected chi connectivity index (χ0v) is 12.5. The molecule has 0 bridgehead atoms. The minimum absolute atomic E-state index is 0.582. The molecule has 2 aromatic rings. The fourth-order valence-corrected chi connectivity index (χ4v) is 3.21. The van der Waals surface area contributed by atoms with Crippen LogP contribution in [0, 0.1) is 5.92 Å². The Kier molecular flexibility index (Phi) is 4.06. The molecule has 2 N–H and O–H groups in total. The van der Waals surface area contributed by atoms with Gasteiger partial charge in [0.25, 0.3) is 0 Å². The van der Waals surface area contributed by atoms with Crippen LogP contribution in [0.5, 0.6) is 0 Å². The molecule has 4 heteroatoms. The molecular formula is C17H23N3O. The van der Waals surface area contributed by atoms with Crippen molar-refractivity contribution in [3.05, 3.63) is 30.5 Å². The number of aromatic nitrogens is 2. The second-order valence-electron chi connectivity index (χ2n) is 6.20. The zero-order valence-electron chi connectivity index (χ0n) is 12.5. The predicted octanol–water partition coefficient (Wildman–Crippen LogP) is 3.37. The molecule has 112 valence electrons. The molecule has 0 saturated heterocycles. The summed E-state index contributed by atoms with van der Waals surface area (Å²) in [5.74, 6) is 0.786. The predicted molar refractivity (Wildman–Crippen MR) is 85.2 cm³/mol. The summed E-state index contributed by atoms with van der Waals surface area (Å²) in [4.78, 5) is 0. The molecule has 3 rings (SSSR count). The maximum Gasteiger partial charge on any atom is 0.0950 e. The summed E-state index contributed by atoms with van der Waals surface area (Å²) < 4.78 is 0. The second-order valence-corrected chi connectivity index (χ2v) is 6.20. The van der Waals surface area contributed by atoms with Crippen LogP contribution in [-0.2, 0) is 0 Å². The molecule has 1 saturated carbocycles. The molecule has 4 nitrogen and oxygen atoms in total. The van der Waals surface area contributed by atoms with E-state index in [-0.39, 0.29) is 0 Å². The number of fused-ring (bicyclic) bond motifs is 1. The molecule has 0 aliphatic heterocycles. The maximum absolute atomic E-state index is 10.7. The molecule has 0 amide bonds. The van der Waals surface area contributed by atoms with Gasteiger partial charge in [0.2, 0.25) is 0 Å². The molecule has 1 fully saturated rings. The first-order valence-electron chi connectivity index (χ1n) is 7.87. The molecule has 21 heavy (non-hydrogen) atoms. The van der Waals surface area contributed by atoms with Crippen molar-refractivity contribution in [3.8, 4) is 0 Å². The Bertz CT molecular complexity index is 601. The summed E-state index contributed by atoms with van der Waals surface area (Å²) in [6, 6.07) is 7.94. The number of hydrogen-bond donors (Lipinski definition) is 2. The van der Waals surface area contributed by atoms with Crippen molar-refractivity contribution in [1.29, 1.82) is 0 Å². The van der Waals surface area contributed by atoms with Gasteiger partial charge in [0.1, 0.15) is 0 Å². The fourth-order valence-electron chi connectivity index (χ4n) is 3.21. The van der Waals surface area contributed by atoms with Crippen molar-refractivity contribution in [1.82, 2.24) is 10.2 Å². The van der Waals surface area contributed by atoms with Gasteiger partial charge in [-0.3, -0.25) is 0 Å². The Morgan fingerprint density at radius 2 is 2.05 bits per heavy atom. The summed E-state index contributed by atoms with van der Waals surface area (Å²) in [5, 5.41) is 23.3. The third-order valence-corrected chi connectivity index (χ3v) is 4.77. The van der Waals surface area contributed by atoms with Gasteiger partial charge in [-0.1, -0.05) is 31.5 Å². The van der Waals surface area contributed by atoms with E-state index in [0.717, 1.165) is 48.2 Å². The van der Waals surface area contributed by atoms with Crippen molar-refractivity contribution in [2.45, 2.75) is 44.6 Å². The third kappa shape index (κ3) is 3.16. The summed E-state index contributed by atoms with van der Waals surface area (Å²) in [5.41, 5.74) is 1.24. The number of anilines is 1. The van der Waals surface area contributed by atoms with Crippen molar-refractivity contribution in [2.24, 2.45) is 5.92 Å². The van der Waals surface area contributed by atoms with Gasteiger partial charge in [0.15, 0.2) is 0 Å². The van der Waals surface area contributed by atoms with Gasteiger partial charge in [-0.05, 0) is 37.7 Å². The Balaban J connectivity index is 1.69. The van der Waals surface area contributed by atoms with Crippen molar-refractivity contribution < 1.29 is 5.11 Å². The SMILES string of the molecule is CCC1CCC(O)(CNc2cnnc3ccccc23)CC1. The highest BCUT2D eigenvalue weighted by Gasteiger charge is 2.32. The first-order chi connectivity index (χ1) is 10.2. The number of aliphatic hydroxyl groups is 1. The van der Waals surface area contributed by atoms with Gasteiger partial charge < -0.3 is 10.4 Å². The lowest BCUT2D eigenvalue weighted by atomic mass is 9.78. The van der Waals surface area contributed by atoms with Crippen LogP contribution >= 0.6 is 0 Å². The average molecular weight is 285 g/mol. The van der Waals surface area contributed by atoms with Gasteiger partial charge >= 0.3 is 0 Å². The first-order valence-corrected chi connectivity index (χ1v) is 7.87. The van der Waals surface area contributed by atoms with E-state index in [0.29, 0.717) is 6.54 Å². The van der Waals surface area contributed by atoms with Crippen LogP contribution < -0.4 is 5.32 Å². The van der Waals surface area contributed by atoms with Gasteiger partial charge in [-0.2, -0.15) is 10.2 Å². The topological polar surface area (TPSA) is 58.0 Å². The Hall–Kier alpha value is -1.68. The number of rotatable bonds is 4. The Morgan fingerprint density at radius 1 is 1.29 bits per heavy atom. The summed E-state index contributed by atoms with van der Waals surface area (Å²) in [6.45, 7) is 2.82. The standard InChI is InChI=1S/C17H23N3O/c1-2-13-7-9-17(21,10-8-13)12-18-16-11-19-20-15-6-4-3-5-14(15)16/h3-6,11,13,21H,2,7-10,12H2,1H3,(H,18,20). The smallest absolute Gasteiger partial charge is 0.0950 e. The van der Waals surface area contributed by atoms with Gasteiger partial charge in [0, 0.05) is 11.9 Å². The monoisotopic (exact) mass is 285 g/mol. The molecule has 0 radical (unpaired) electrons. The van der Waals surface area contributed by atoms with E-state index in [9.17, 15) is 5.11 Å². The molecule has 0 unspecified atom stereocenters. The minimum Gasteiger partial charge on any atom is -0.388 e. The second kappa shape index (κ2) is 5.98. The van der Waals surface area contributed by atoms with Crippen molar-refractivity contribution in [3.63, 3.8) is 0 Å². The van der Waals surface area contributed by atoms with Gasteiger partial charge in [-0.15, -0.1) is 0 Å². The van der Waals surface area contributed by atoms with E-state index in [2.05, 4.69) is 22.4 Å². The van der Waals surface area contributed by atoms with Crippen LogP contribution in [0.3, 0.4) is 0 Å². The zero-order chi connectivity index (χ0) is 14.7. The number of nitrogens with zero attached hydrogens (tertiary/aromatic N) is 2. The number of hydrogen-bond acceptors (Lipinski definition) is 4. The summed E-state index contributed by atoms with van der Waals surface area (Å²) in [7, 11) is 0. The van der Waals surface area contributed by atoms with Crippen LogP contribution in [0.25, 0.3) is 10.9 Å². The lowest BCUT2D eigenvalue weighted by Crippen LogP contribution is -2.40. The molecule has 0 spiro atoms. The van der Waals surface area contributed by atoms with Crippen LogP contribution in [-0.4, -0.2) is 27.4 Å². The van der Waals surface area contributed by atoms with Crippen LogP contribution in [0.1, 0.15) is 39.0 Å². The Morgan fingerprint density at radius 3 is 2.81 bits per heavy atom. The highest BCUT2D eigenvalue weighted by molar-refractivity contribution is 5.90. The van der Waals surface area contributed by atoms with E-state index in [4.69, 9.17) is 0 Å². The normalized spacial score (nSPS) is 25.9. The van der Waals surface area contributed by atoms with Crippen LogP contribution in [0.4, 0.5) is 5.69 Å². The molecule has 1 aliphatic carbocycles. The van der Waals surface area contributed by atoms with E-state index in [1.54, 1.807) is 6.20 Å². The third-order valence-electron chi connectivity index (χ3n) is 4.77. The minimum atomic E-state index is -0.587. The van der Waals surface area contributed by atoms with E-state index in [1.807, 2.05) is 24.3 Å². The molecule has 1 heterocycles. The lowest BCUT2D eigenvalue weighted by Gasteiger charge is -2.36. The molecule has 1 aromatic carbocycles. The first kappa shape index (κ1) is 14.3. The molecule has 1 aromatic heterocycles. The van der Waals surface area contributed by atoms with Gasteiger partial charge in [0.05, 0.1) is 23.0 Å². The van der Waals surface area contributed by atoms with Crippen molar-refractivity contribution >= 4 is 16.6 Å².